The molecule has 0 aliphatic rings. The highest BCUT2D eigenvalue weighted by Gasteiger charge is 2.29. The van der Waals surface area contributed by atoms with Gasteiger partial charge >= 0.3 is 33.6 Å². The van der Waals surface area contributed by atoms with E-state index in [0.717, 1.165) is 128 Å². The van der Waals surface area contributed by atoms with E-state index in [4.69, 9.17) is 32.3 Å². The summed E-state index contributed by atoms with van der Waals surface area (Å²) in [6, 6.07) is 0. The zero-order valence-electron chi connectivity index (χ0n) is 75.2. The first-order chi connectivity index (χ1) is 58.2. The lowest BCUT2D eigenvalue weighted by Crippen LogP contribution is -2.30. The highest BCUT2D eigenvalue weighted by atomic mass is 31.2. The van der Waals surface area contributed by atoms with Crippen LogP contribution in [-0.2, 0) is 55.8 Å². The lowest BCUT2D eigenvalue weighted by atomic mass is 10.0. The normalized spacial score (nSPS) is 14.5. The topological polar surface area (TPSA) is 231 Å². The number of hydrogen-bond acceptors (Lipinski definition) is 14. The van der Waals surface area contributed by atoms with Crippen molar-refractivity contribution in [2.24, 2.45) is 0 Å². The summed E-state index contributed by atoms with van der Waals surface area (Å²) < 4.78 is 61.4. The number of carbonyl (C=O) groups is 3. The molecule has 0 aromatic rings. The van der Waals surface area contributed by atoms with E-state index in [-0.39, 0.29) is 19.3 Å². The number of unbranched alkanes of at least 4 members (excludes halogenated alkanes) is 38. The molecule has 4 N–H and O–H groups in total. The van der Waals surface area contributed by atoms with Crippen LogP contribution >= 0.6 is 15.6 Å². The van der Waals surface area contributed by atoms with Crippen molar-refractivity contribution in [2.45, 2.75) is 411 Å². The molecule has 0 saturated carbocycles. The van der Waals surface area contributed by atoms with E-state index >= 15 is 0 Å². The molecule has 0 fully saturated rings. The molecule has 0 aliphatic heterocycles. The fourth-order valence-corrected chi connectivity index (χ4v) is 14.4. The second kappa shape index (κ2) is 92.1. The summed E-state index contributed by atoms with van der Waals surface area (Å²) in [5, 5.41) is 20.7. The van der Waals surface area contributed by atoms with Crippen molar-refractivity contribution in [3.05, 3.63) is 170 Å². The van der Waals surface area contributed by atoms with Gasteiger partial charge in [0.25, 0.3) is 0 Å². The van der Waals surface area contributed by atoms with Gasteiger partial charge in [-0.2, -0.15) is 0 Å². The third-order valence-corrected chi connectivity index (χ3v) is 21.8. The van der Waals surface area contributed by atoms with Crippen molar-refractivity contribution in [2.75, 3.05) is 39.6 Å². The van der Waals surface area contributed by atoms with Crippen LogP contribution in [0.25, 0.3) is 0 Å². The summed E-state index contributed by atoms with van der Waals surface area (Å²) in [7, 11) is -9.83. The van der Waals surface area contributed by atoms with Gasteiger partial charge in [-0.3, -0.25) is 32.5 Å². The molecule has 18 heteroatoms. The second-order valence-electron chi connectivity index (χ2n) is 31.4. The molecule has 0 spiro atoms. The molecule has 0 heterocycles. The van der Waals surface area contributed by atoms with Crippen molar-refractivity contribution >= 4 is 33.6 Å². The van der Waals surface area contributed by atoms with Gasteiger partial charge in [-0.1, -0.05) is 396 Å². The summed E-state index contributed by atoms with van der Waals surface area (Å²) in [4.78, 5) is 58.9. The fourth-order valence-electron chi connectivity index (χ4n) is 12.8. The van der Waals surface area contributed by atoms with Gasteiger partial charge in [0.15, 0.2) is 6.10 Å². The Labute approximate surface area is 726 Å². The average molecular weight is 1700 g/mol. The molecule has 0 aliphatic carbocycles. The maximum atomic E-state index is 13.0. The Hall–Kier alpha value is -5.09. The number of esters is 3. The lowest BCUT2D eigenvalue weighted by molar-refractivity contribution is -0.161. The van der Waals surface area contributed by atoms with Gasteiger partial charge < -0.3 is 34.2 Å². The van der Waals surface area contributed by atoms with Crippen molar-refractivity contribution in [1.82, 2.24) is 0 Å². The number of phosphoric acid groups is 2. The van der Waals surface area contributed by atoms with Gasteiger partial charge in [0.2, 0.25) is 0 Å². The predicted octanol–water partition coefficient (Wildman–Crippen LogP) is 29.4. The van der Waals surface area contributed by atoms with E-state index in [2.05, 4.69) is 179 Å². The number of rotatable bonds is 89. The number of phosphoric ester groups is 2. The SMILES string of the molecule is CC/C=C\C/C=C\C/C=C\C/C=C\C/C=C\CCCCCCCCCCCCCCCCCC(=O)OCC(COP(=O)(O)OCC(O)COP(=O)(O)OCC(O)COC(=O)CCCCCCCCCCCCCCCCCCCCC/C=C\C/C=C\C/C=C\C/C=C\CCCCC)OC(=O)CCC/C=C\C/C=C\C/C=C\C/C=C\C/C=C\CC. The Morgan fingerprint density at radius 2 is 0.454 bits per heavy atom. The summed E-state index contributed by atoms with van der Waals surface area (Å²) >= 11 is 0. The monoisotopic (exact) mass is 1700 g/mol. The first-order valence-electron chi connectivity index (χ1n) is 47.4. The van der Waals surface area contributed by atoms with Gasteiger partial charge in [0, 0.05) is 19.3 Å². The van der Waals surface area contributed by atoms with Crippen LogP contribution in [-0.4, -0.2) is 95.9 Å². The largest absolute Gasteiger partial charge is 0.472 e. The van der Waals surface area contributed by atoms with E-state index in [9.17, 15) is 43.5 Å². The summed E-state index contributed by atoms with van der Waals surface area (Å²) in [5.74, 6) is -1.64. The minimum Gasteiger partial charge on any atom is -0.463 e. The summed E-state index contributed by atoms with van der Waals surface area (Å²) in [5.41, 5.74) is 0. The lowest BCUT2D eigenvalue weighted by Gasteiger charge is -2.21. The predicted molar refractivity (Wildman–Crippen MR) is 500 cm³/mol. The first-order valence-corrected chi connectivity index (χ1v) is 50.4. The van der Waals surface area contributed by atoms with Crippen molar-refractivity contribution < 1.29 is 75.8 Å². The molecule has 0 radical (unpaired) electrons. The Morgan fingerprint density at radius 1 is 0.244 bits per heavy atom. The van der Waals surface area contributed by atoms with E-state index < -0.39 is 91.5 Å². The molecule has 16 nitrogen and oxygen atoms in total. The Morgan fingerprint density at radius 3 is 0.731 bits per heavy atom. The molecule has 5 atom stereocenters. The van der Waals surface area contributed by atoms with Crippen LogP contribution in [0.5, 0.6) is 0 Å². The molecular weight excluding hydrogens is 1530 g/mol. The molecule has 5 unspecified atom stereocenters. The van der Waals surface area contributed by atoms with Gasteiger partial charge in [-0.15, -0.1) is 0 Å². The molecule has 0 aromatic carbocycles. The number of hydrogen-bond donors (Lipinski definition) is 4. The number of aliphatic hydroxyl groups is 2. The molecule has 0 amide bonds. The number of allylic oxidation sites excluding steroid dienone is 28. The van der Waals surface area contributed by atoms with E-state index in [1.165, 1.54) is 199 Å². The maximum absolute atomic E-state index is 13.0. The number of carbonyl (C=O) groups excluding carboxylic acids is 3. The molecular formula is C101H172O16P2. The Kier molecular flexibility index (Phi) is 88.2. The van der Waals surface area contributed by atoms with Crippen LogP contribution < -0.4 is 0 Å². The average Bonchev–Trinajstić information content (AvgIpc) is 0.902. The van der Waals surface area contributed by atoms with E-state index in [1.807, 2.05) is 12.2 Å². The molecule has 119 heavy (non-hydrogen) atoms. The molecule has 0 aromatic heterocycles. The highest BCUT2D eigenvalue weighted by molar-refractivity contribution is 7.47. The first kappa shape index (κ1) is 114. The van der Waals surface area contributed by atoms with Gasteiger partial charge in [0.1, 0.15) is 25.4 Å². The highest BCUT2D eigenvalue weighted by Crippen LogP contribution is 2.45. The van der Waals surface area contributed by atoms with Crippen molar-refractivity contribution in [3.63, 3.8) is 0 Å². The van der Waals surface area contributed by atoms with Gasteiger partial charge in [-0.05, 0) is 148 Å². The third kappa shape index (κ3) is 93.5. The fraction of sp³-hybridized carbons (Fsp3) is 0.693. The minimum absolute atomic E-state index is 0.0231. The standard InChI is InChI=1S/C101H172O16P2/c1-4-7-10-13-16-19-22-25-28-31-33-35-37-39-41-43-45-46-47-48-50-52-53-55-57-59-61-64-66-69-72-75-78-81-84-87-99(104)111-90-96(102)91-113-118(107,108)114-92-97(103)93-115-119(109,110)116-95-98(117-101(106)89-86-83-80-77-74-71-68-63-30-27-24-21-18-15-12-9-6-3)94-112-100(105)88-85-82-79-76-73-70-67-65-62-60-58-56-54-51-49-44-42-40-38-36-34-32-29-26-23-20-17-14-11-8-5-2/h8-9,11-12,16-21,25-30,33-36,39-42,68,71,77,80,96-98,102-103H,4-7,10,13-15,22-24,31-32,37-38,43-67,69-70,72-76,78-79,81-95H2,1-3H3,(H,107,108)(H,109,110)/b11-8-,12-9-,19-16-,20-17-,21-18-,28-25-,29-26-,30-27-,35-33-,36-34-,41-39-,42-40-,71-68-,80-77-. The number of aliphatic hydroxyl groups excluding tert-OH is 2. The minimum atomic E-state index is -4.96. The summed E-state index contributed by atoms with van der Waals surface area (Å²) in [6.45, 7) is 2.40. The smallest absolute Gasteiger partial charge is 0.463 e. The molecule has 0 bridgehead atoms. The second-order valence-corrected chi connectivity index (χ2v) is 34.3. The van der Waals surface area contributed by atoms with Crippen LogP contribution in [0.4, 0.5) is 0 Å². The number of ether oxygens (including phenoxy) is 3. The zero-order chi connectivity index (χ0) is 86.5. The van der Waals surface area contributed by atoms with Crippen LogP contribution in [0.2, 0.25) is 0 Å². The van der Waals surface area contributed by atoms with Crippen LogP contribution in [0.15, 0.2) is 170 Å². The van der Waals surface area contributed by atoms with Crippen LogP contribution in [0.3, 0.4) is 0 Å². The third-order valence-electron chi connectivity index (χ3n) is 19.9. The maximum Gasteiger partial charge on any atom is 0.472 e. The van der Waals surface area contributed by atoms with Crippen LogP contribution in [0.1, 0.15) is 393 Å². The van der Waals surface area contributed by atoms with E-state index in [1.54, 1.807) is 0 Å². The molecule has 682 valence electrons. The van der Waals surface area contributed by atoms with Crippen molar-refractivity contribution in [3.8, 4) is 0 Å². The van der Waals surface area contributed by atoms with E-state index in [0.29, 0.717) is 25.7 Å². The van der Waals surface area contributed by atoms with Gasteiger partial charge in [-0.25, -0.2) is 9.13 Å². The molecule has 0 saturated heterocycles. The van der Waals surface area contributed by atoms with Crippen molar-refractivity contribution in [1.29, 1.82) is 0 Å². The Bertz CT molecular complexity index is 2840. The quantitative estimate of drug-likeness (QED) is 0.0146. The Balaban J connectivity index is 4.48. The van der Waals surface area contributed by atoms with Gasteiger partial charge in [0.05, 0.1) is 26.4 Å². The summed E-state index contributed by atoms with van der Waals surface area (Å²) in [6.07, 6.45) is 120. The molecule has 0 rings (SSSR count). The van der Waals surface area contributed by atoms with Crippen LogP contribution in [0, 0.1) is 0 Å². The zero-order valence-corrected chi connectivity index (χ0v) is 77.0.